The van der Waals surface area contributed by atoms with Gasteiger partial charge in [0.2, 0.25) is 0 Å². The summed E-state index contributed by atoms with van der Waals surface area (Å²) in [5, 5.41) is 3.51. The molecule has 0 saturated heterocycles. The lowest BCUT2D eigenvalue weighted by Gasteiger charge is -2.19. The molecule has 0 aromatic carbocycles. The molecule has 1 N–H and O–H groups in total. The van der Waals surface area contributed by atoms with E-state index in [4.69, 9.17) is 4.74 Å². The van der Waals surface area contributed by atoms with Gasteiger partial charge in [0.05, 0.1) is 12.7 Å². The average molecular weight is 283 g/mol. The normalized spacial score (nSPS) is 14.1. The summed E-state index contributed by atoms with van der Waals surface area (Å²) in [5.41, 5.74) is 0.173. The summed E-state index contributed by atoms with van der Waals surface area (Å²) >= 11 is 1.85. The van der Waals surface area contributed by atoms with Crippen LogP contribution in [0.5, 0.6) is 0 Å². The standard InChI is InChI=1S/C16H29NOS/c1-12(2)9-13(3)18-11-15-8-7-14(19-15)10-17-16(4,5)6/h7-8,12-13,17H,9-11H2,1-6H3. The van der Waals surface area contributed by atoms with Crippen LogP contribution in [0.1, 0.15) is 57.7 Å². The highest BCUT2D eigenvalue weighted by atomic mass is 32.1. The van der Waals surface area contributed by atoms with E-state index >= 15 is 0 Å². The molecular weight excluding hydrogens is 254 g/mol. The van der Waals surface area contributed by atoms with Gasteiger partial charge in [0.15, 0.2) is 0 Å². The zero-order valence-corrected chi connectivity index (χ0v) is 14.1. The SMILES string of the molecule is CC(C)CC(C)OCc1ccc(CNC(C)(C)C)s1. The van der Waals surface area contributed by atoms with Crippen molar-refractivity contribution in [1.82, 2.24) is 5.32 Å². The van der Waals surface area contributed by atoms with Gasteiger partial charge < -0.3 is 10.1 Å². The Kier molecular flexibility index (Phi) is 6.51. The molecule has 0 spiro atoms. The first-order valence-corrected chi connectivity index (χ1v) is 8.02. The second-order valence-corrected chi connectivity index (χ2v) is 7.98. The maximum absolute atomic E-state index is 5.89. The second-order valence-electron chi connectivity index (χ2n) is 6.72. The van der Waals surface area contributed by atoms with Gasteiger partial charge in [-0.1, -0.05) is 13.8 Å². The Balaban J connectivity index is 2.34. The highest BCUT2D eigenvalue weighted by Gasteiger charge is 2.10. The van der Waals surface area contributed by atoms with E-state index in [1.54, 1.807) is 0 Å². The Morgan fingerprint density at radius 2 is 1.79 bits per heavy atom. The lowest BCUT2D eigenvalue weighted by Crippen LogP contribution is -2.34. The van der Waals surface area contributed by atoms with Crippen LogP contribution in [-0.2, 0) is 17.9 Å². The fourth-order valence-corrected chi connectivity index (χ4v) is 2.78. The largest absolute Gasteiger partial charge is 0.373 e. The highest BCUT2D eigenvalue weighted by molar-refractivity contribution is 7.11. The van der Waals surface area contributed by atoms with Crippen LogP contribution in [0.2, 0.25) is 0 Å². The van der Waals surface area contributed by atoms with E-state index in [0.29, 0.717) is 12.0 Å². The topological polar surface area (TPSA) is 21.3 Å². The Labute approximate surface area is 122 Å². The number of nitrogens with one attached hydrogen (secondary N) is 1. The highest BCUT2D eigenvalue weighted by Crippen LogP contribution is 2.19. The molecule has 0 amide bonds. The molecule has 0 fully saturated rings. The maximum Gasteiger partial charge on any atom is 0.0813 e. The molecule has 0 aliphatic carbocycles. The minimum absolute atomic E-state index is 0.173. The molecule has 0 saturated carbocycles. The summed E-state index contributed by atoms with van der Waals surface area (Å²) < 4.78 is 5.89. The van der Waals surface area contributed by atoms with Crippen LogP contribution in [0.3, 0.4) is 0 Å². The number of hydrogen-bond donors (Lipinski definition) is 1. The van der Waals surface area contributed by atoms with Crippen molar-refractivity contribution in [2.24, 2.45) is 5.92 Å². The fraction of sp³-hybridized carbons (Fsp3) is 0.750. The lowest BCUT2D eigenvalue weighted by molar-refractivity contribution is 0.0412. The van der Waals surface area contributed by atoms with Gasteiger partial charge in [-0.3, -0.25) is 0 Å². The van der Waals surface area contributed by atoms with Gasteiger partial charge in [-0.15, -0.1) is 11.3 Å². The quantitative estimate of drug-likeness (QED) is 0.790. The molecule has 110 valence electrons. The minimum atomic E-state index is 0.173. The number of thiophene rings is 1. The van der Waals surface area contributed by atoms with Crippen LogP contribution in [0.4, 0.5) is 0 Å². The number of hydrogen-bond acceptors (Lipinski definition) is 3. The van der Waals surface area contributed by atoms with E-state index in [-0.39, 0.29) is 5.54 Å². The molecule has 1 rings (SSSR count). The number of rotatable bonds is 7. The Morgan fingerprint density at radius 1 is 1.16 bits per heavy atom. The summed E-state index contributed by atoms with van der Waals surface area (Å²) in [6.07, 6.45) is 1.47. The first-order valence-electron chi connectivity index (χ1n) is 7.20. The first-order chi connectivity index (χ1) is 8.76. The predicted octanol–water partition coefficient (Wildman–Crippen LogP) is 4.59. The van der Waals surface area contributed by atoms with Crippen LogP contribution >= 0.6 is 11.3 Å². The molecule has 0 bridgehead atoms. The van der Waals surface area contributed by atoms with E-state index < -0.39 is 0 Å². The van der Waals surface area contributed by atoms with E-state index in [0.717, 1.165) is 19.6 Å². The predicted molar refractivity (Wildman–Crippen MR) is 84.6 cm³/mol. The lowest BCUT2D eigenvalue weighted by atomic mass is 10.1. The summed E-state index contributed by atoms with van der Waals surface area (Å²) in [6.45, 7) is 14.9. The molecular formula is C16H29NOS. The van der Waals surface area contributed by atoms with Crippen molar-refractivity contribution in [2.45, 2.75) is 72.8 Å². The van der Waals surface area contributed by atoms with E-state index in [2.05, 4.69) is 59.0 Å². The Bertz CT molecular complexity index is 365. The molecule has 3 heteroatoms. The maximum atomic E-state index is 5.89. The van der Waals surface area contributed by atoms with Crippen molar-refractivity contribution in [2.75, 3.05) is 0 Å². The summed E-state index contributed by atoms with van der Waals surface area (Å²) in [7, 11) is 0. The van der Waals surface area contributed by atoms with Gasteiger partial charge in [0, 0.05) is 21.8 Å². The van der Waals surface area contributed by atoms with Gasteiger partial charge in [0.1, 0.15) is 0 Å². The van der Waals surface area contributed by atoms with Crippen LogP contribution < -0.4 is 5.32 Å². The average Bonchev–Trinajstić information content (AvgIpc) is 2.69. The van der Waals surface area contributed by atoms with Crippen LogP contribution in [0.15, 0.2) is 12.1 Å². The van der Waals surface area contributed by atoms with E-state index in [9.17, 15) is 0 Å². The molecule has 1 heterocycles. The zero-order chi connectivity index (χ0) is 14.5. The van der Waals surface area contributed by atoms with Crippen LogP contribution in [0, 0.1) is 5.92 Å². The molecule has 1 atom stereocenters. The Morgan fingerprint density at radius 3 is 2.37 bits per heavy atom. The minimum Gasteiger partial charge on any atom is -0.373 e. The van der Waals surface area contributed by atoms with Crippen molar-refractivity contribution in [3.05, 3.63) is 21.9 Å². The second kappa shape index (κ2) is 7.41. The van der Waals surface area contributed by atoms with Gasteiger partial charge in [-0.2, -0.15) is 0 Å². The third-order valence-corrected chi connectivity index (χ3v) is 3.88. The van der Waals surface area contributed by atoms with Crippen molar-refractivity contribution in [1.29, 1.82) is 0 Å². The molecule has 1 unspecified atom stereocenters. The molecule has 0 aliphatic rings. The fourth-order valence-electron chi connectivity index (χ4n) is 1.90. The van der Waals surface area contributed by atoms with Gasteiger partial charge in [-0.05, 0) is 52.2 Å². The summed E-state index contributed by atoms with van der Waals surface area (Å²) in [4.78, 5) is 2.70. The summed E-state index contributed by atoms with van der Waals surface area (Å²) in [5.74, 6) is 0.699. The van der Waals surface area contributed by atoms with Crippen molar-refractivity contribution in [3.8, 4) is 0 Å². The van der Waals surface area contributed by atoms with Crippen molar-refractivity contribution < 1.29 is 4.74 Å². The molecule has 0 aliphatic heterocycles. The van der Waals surface area contributed by atoms with Crippen LogP contribution in [-0.4, -0.2) is 11.6 Å². The molecule has 1 aromatic rings. The molecule has 2 nitrogen and oxygen atoms in total. The number of ether oxygens (including phenoxy) is 1. The first kappa shape index (κ1) is 16.7. The van der Waals surface area contributed by atoms with Crippen LogP contribution in [0.25, 0.3) is 0 Å². The third kappa shape index (κ3) is 7.71. The van der Waals surface area contributed by atoms with Gasteiger partial charge in [0.25, 0.3) is 0 Å². The Hall–Kier alpha value is -0.380. The summed E-state index contributed by atoms with van der Waals surface area (Å²) in [6, 6.07) is 4.39. The molecule has 19 heavy (non-hydrogen) atoms. The zero-order valence-electron chi connectivity index (χ0n) is 13.2. The molecule has 0 radical (unpaired) electrons. The third-order valence-electron chi connectivity index (χ3n) is 2.82. The smallest absolute Gasteiger partial charge is 0.0813 e. The van der Waals surface area contributed by atoms with Gasteiger partial charge >= 0.3 is 0 Å². The monoisotopic (exact) mass is 283 g/mol. The van der Waals surface area contributed by atoms with Crippen molar-refractivity contribution in [3.63, 3.8) is 0 Å². The van der Waals surface area contributed by atoms with E-state index in [1.165, 1.54) is 9.75 Å². The van der Waals surface area contributed by atoms with Crippen molar-refractivity contribution >= 4 is 11.3 Å². The molecule has 1 aromatic heterocycles. The van der Waals surface area contributed by atoms with E-state index in [1.807, 2.05) is 11.3 Å². The van der Waals surface area contributed by atoms with Gasteiger partial charge in [-0.25, -0.2) is 0 Å².